The molecule has 0 aliphatic heterocycles. The van der Waals surface area contributed by atoms with Crippen LogP contribution in [0.25, 0.3) is 22.2 Å². The molecule has 0 spiro atoms. The minimum absolute atomic E-state index is 0.250. The van der Waals surface area contributed by atoms with Crippen LogP contribution in [0.5, 0.6) is 0 Å². The molecule has 1 aliphatic rings. The molecule has 0 unspecified atom stereocenters. The summed E-state index contributed by atoms with van der Waals surface area (Å²) in [5.41, 5.74) is 8.34. The third-order valence-corrected chi connectivity index (χ3v) is 5.75. The topological polar surface area (TPSA) is 68.8 Å². The zero-order valence-corrected chi connectivity index (χ0v) is 16.7. The molecule has 3 N–H and O–H groups in total. The van der Waals surface area contributed by atoms with E-state index in [0.29, 0.717) is 11.5 Å². The van der Waals surface area contributed by atoms with Gasteiger partial charge in [-0.25, -0.2) is 13.8 Å². The van der Waals surface area contributed by atoms with Crippen molar-refractivity contribution in [2.45, 2.75) is 57.5 Å². The molecule has 0 bridgehead atoms. The number of benzene rings is 1. The van der Waals surface area contributed by atoms with Gasteiger partial charge in [0, 0.05) is 42.0 Å². The van der Waals surface area contributed by atoms with Crippen molar-refractivity contribution >= 4 is 17.0 Å². The van der Waals surface area contributed by atoms with Gasteiger partial charge in [0.25, 0.3) is 0 Å². The van der Waals surface area contributed by atoms with Crippen LogP contribution in [0.15, 0.2) is 30.6 Å². The Morgan fingerprint density at radius 1 is 1.17 bits per heavy atom. The summed E-state index contributed by atoms with van der Waals surface area (Å²) in [5.74, 6) is -1.11. The van der Waals surface area contributed by atoms with Crippen molar-refractivity contribution in [3.63, 3.8) is 0 Å². The van der Waals surface area contributed by atoms with Crippen LogP contribution in [0, 0.1) is 11.6 Å². The quantitative estimate of drug-likeness (QED) is 0.571. The molecule has 7 heteroatoms. The number of aromatic nitrogens is 3. The van der Waals surface area contributed by atoms with Gasteiger partial charge in [-0.2, -0.15) is 4.98 Å². The fourth-order valence-electron chi connectivity index (χ4n) is 4.04. The molecule has 0 amide bonds. The van der Waals surface area contributed by atoms with Gasteiger partial charge in [-0.15, -0.1) is 0 Å². The Labute approximate surface area is 169 Å². The predicted octanol–water partition coefficient (Wildman–Crippen LogP) is 5.03. The van der Waals surface area contributed by atoms with Crippen LogP contribution in [-0.4, -0.2) is 27.1 Å². The lowest BCUT2D eigenvalue weighted by molar-refractivity contribution is 0.329. The Balaban J connectivity index is 1.78. The summed E-state index contributed by atoms with van der Waals surface area (Å²) >= 11 is 0. The zero-order valence-electron chi connectivity index (χ0n) is 16.7. The summed E-state index contributed by atoms with van der Waals surface area (Å²) in [7, 11) is 0. The molecule has 1 aliphatic carbocycles. The third-order valence-electron chi connectivity index (χ3n) is 5.75. The van der Waals surface area contributed by atoms with Crippen molar-refractivity contribution in [3.05, 3.63) is 42.2 Å². The standard InChI is InChI=1S/C22H27F2N5/c1-2-3-10-26-22-27-12-17-18(14-4-9-19(23)20(24)11-14)13-29(21(17)28-22)16-7-5-15(25)6-8-16/h4,9,11-13,15-16H,2-3,5-8,10,25H2,1H3,(H,26,27,28). The fourth-order valence-corrected chi connectivity index (χ4v) is 4.04. The number of nitrogens with two attached hydrogens (primary N) is 1. The maximum atomic E-state index is 13.9. The van der Waals surface area contributed by atoms with E-state index in [1.807, 2.05) is 6.20 Å². The summed E-state index contributed by atoms with van der Waals surface area (Å²) in [4.78, 5) is 9.22. The van der Waals surface area contributed by atoms with E-state index in [9.17, 15) is 8.78 Å². The van der Waals surface area contributed by atoms with Crippen LogP contribution >= 0.6 is 0 Å². The lowest BCUT2D eigenvalue weighted by atomic mass is 9.92. The number of hydrogen-bond acceptors (Lipinski definition) is 4. The van der Waals surface area contributed by atoms with Gasteiger partial charge in [0.1, 0.15) is 5.65 Å². The second-order valence-corrected chi connectivity index (χ2v) is 7.86. The fraction of sp³-hybridized carbons (Fsp3) is 0.455. The van der Waals surface area contributed by atoms with Crippen LogP contribution in [0.4, 0.5) is 14.7 Å². The Morgan fingerprint density at radius 3 is 2.69 bits per heavy atom. The van der Waals surface area contributed by atoms with Gasteiger partial charge in [-0.1, -0.05) is 19.4 Å². The van der Waals surface area contributed by atoms with Crippen molar-refractivity contribution < 1.29 is 8.78 Å². The molecule has 4 rings (SSSR count). The van der Waals surface area contributed by atoms with Crippen molar-refractivity contribution in [2.24, 2.45) is 5.73 Å². The number of halogens is 2. The lowest BCUT2D eigenvalue weighted by Crippen LogP contribution is -2.27. The number of nitrogens with zero attached hydrogens (tertiary/aromatic N) is 3. The molecule has 5 nitrogen and oxygen atoms in total. The number of nitrogens with one attached hydrogen (secondary N) is 1. The Bertz CT molecular complexity index is 992. The SMILES string of the molecule is CCCCNc1ncc2c(-c3ccc(F)c(F)c3)cn(C3CCC(N)CC3)c2n1. The first kappa shape index (κ1) is 19.8. The number of anilines is 1. The molecule has 29 heavy (non-hydrogen) atoms. The van der Waals surface area contributed by atoms with E-state index in [0.717, 1.165) is 67.7 Å². The summed E-state index contributed by atoms with van der Waals surface area (Å²) in [5, 5.41) is 4.12. The molecule has 154 valence electrons. The van der Waals surface area contributed by atoms with E-state index in [1.165, 1.54) is 6.07 Å². The highest BCUT2D eigenvalue weighted by Crippen LogP contribution is 2.36. The van der Waals surface area contributed by atoms with E-state index in [1.54, 1.807) is 12.3 Å². The van der Waals surface area contributed by atoms with E-state index in [-0.39, 0.29) is 12.1 Å². The maximum Gasteiger partial charge on any atom is 0.224 e. The number of fused-ring (bicyclic) bond motifs is 1. The van der Waals surface area contributed by atoms with Crippen LogP contribution in [0.2, 0.25) is 0 Å². The molecule has 0 radical (unpaired) electrons. The Kier molecular flexibility index (Phi) is 5.76. The Morgan fingerprint density at radius 2 is 1.97 bits per heavy atom. The van der Waals surface area contributed by atoms with Crippen molar-refractivity contribution in [2.75, 3.05) is 11.9 Å². The highest BCUT2D eigenvalue weighted by Gasteiger charge is 2.24. The molecule has 0 atom stereocenters. The van der Waals surface area contributed by atoms with Crippen LogP contribution < -0.4 is 11.1 Å². The van der Waals surface area contributed by atoms with Gasteiger partial charge in [0.15, 0.2) is 11.6 Å². The normalized spacial score (nSPS) is 19.6. The Hall–Kier alpha value is -2.54. The molecule has 1 fully saturated rings. The van der Waals surface area contributed by atoms with Gasteiger partial charge >= 0.3 is 0 Å². The number of unbranched alkanes of at least 4 members (excludes halogenated alkanes) is 1. The summed E-state index contributed by atoms with van der Waals surface area (Å²) in [6, 6.07) is 4.53. The first-order valence-electron chi connectivity index (χ1n) is 10.4. The smallest absolute Gasteiger partial charge is 0.224 e. The predicted molar refractivity (Wildman–Crippen MR) is 112 cm³/mol. The number of rotatable bonds is 6. The molecule has 0 saturated heterocycles. The molecule has 2 aromatic heterocycles. The molecule has 3 aromatic rings. The number of hydrogen-bond donors (Lipinski definition) is 2. The van der Waals surface area contributed by atoms with Crippen LogP contribution in [-0.2, 0) is 0 Å². The molecule has 1 saturated carbocycles. The van der Waals surface area contributed by atoms with E-state index in [4.69, 9.17) is 10.7 Å². The molecular formula is C22H27F2N5. The zero-order chi connectivity index (χ0) is 20.4. The maximum absolute atomic E-state index is 13.9. The second kappa shape index (κ2) is 8.45. The van der Waals surface area contributed by atoms with Gasteiger partial charge in [0.05, 0.1) is 0 Å². The van der Waals surface area contributed by atoms with Gasteiger partial charge in [-0.3, -0.25) is 0 Å². The first-order chi connectivity index (χ1) is 14.1. The molecule has 2 heterocycles. The minimum Gasteiger partial charge on any atom is -0.354 e. The van der Waals surface area contributed by atoms with Crippen molar-refractivity contribution in [1.29, 1.82) is 0 Å². The second-order valence-electron chi connectivity index (χ2n) is 7.86. The largest absolute Gasteiger partial charge is 0.354 e. The van der Waals surface area contributed by atoms with E-state index in [2.05, 4.69) is 21.8 Å². The highest BCUT2D eigenvalue weighted by atomic mass is 19.2. The summed E-state index contributed by atoms with van der Waals surface area (Å²) in [6.45, 7) is 2.95. The van der Waals surface area contributed by atoms with Gasteiger partial charge in [-0.05, 0) is 49.8 Å². The highest BCUT2D eigenvalue weighted by molar-refractivity contribution is 5.94. The van der Waals surface area contributed by atoms with E-state index >= 15 is 0 Å². The molecule has 1 aromatic carbocycles. The summed E-state index contributed by atoms with van der Waals surface area (Å²) in [6.07, 6.45) is 9.81. The van der Waals surface area contributed by atoms with Crippen molar-refractivity contribution in [3.8, 4) is 11.1 Å². The van der Waals surface area contributed by atoms with Crippen LogP contribution in [0.3, 0.4) is 0 Å². The van der Waals surface area contributed by atoms with Crippen molar-refractivity contribution in [1.82, 2.24) is 14.5 Å². The lowest BCUT2D eigenvalue weighted by Gasteiger charge is -2.27. The monoisotopic (exact) mass is 399 g/mol. The molecular weight excluding hydrogens is 372 g/mol. The van der Waals surface area contributed by atoms with Gasteiger partial charge < -0.3 is 15.6 Å². The third kappa shape index (κ3) is 4.10. The van der Waals surface area contributed by atoms with E-state index < -0.39 is 11.6 Å². The average molecular weight is 399 g/mol. The minimum atomic E-state index is -0.856. The first-order valence-corrected chi connectivity index (χ1v) is 10.4. The van der Waals surface area contributed by atoms with Gasteiger partial charge in [0.2, 0.25) is 5.95 Å². The van der Waals surface area contributed by atoms with Crippen LogP contribution in [0.1, 0.15) is 51.5 Å². The summed E-state index contributed by atoms with van der Waals surface area (Å²) < 4.78 is 29.5. The average Bonchev–Trinajstić information content (AvgIpc) is 3.10.